The van der Waals surface area contributed by atoms with E-state index >= 15 is 0 Å². The first-order valence-electron chi connectivity index (χ1n) is 5.54. The van der Waals surface area contributed by atoms with E-state index in [4.69, 9.17) is 19.3 Å². The molecule has 1 aromatic rings. The van der Waals surface area contributed by atoms with Gasteiger partial charge in [0.25, 0.3) is 0 Å². The van der Waals surface area contributed by atoms with Gasteiger partial charge in [-0.1, -0.05) is 0 Å². The summed E-state index contributed by atoms with van der Waals surface area (Å²) in [7, 11) is 1.63. The highest BCUT2D eigenvalue weighted by atomic mass is 16.5. The molecule has 0 saturated heterocycles. The molecular weight excluding hydrogens is 222 g/mol. The number of aliphatic hydroxyl groups excluding tert-OH is 1. The number of ether oxygens (including phenoxy) is 3. The summed E-state index contributed by atoms with van der Waals surface area (Å²) in [5.41, 5.74) is 1.62. The fourth-order valence-electron chi connectivity index (χ4n) is 1.32. The minimum Gasteiger partial charge on any atom is -0.475 e. The summed E-state index contributed by atoms with van der Waals surface area (Å²) in [5.74, 6) is 0.518. The standard InChI is InChI=1S/C12H19NO4/c1-10-7-11(9-14)8-12(13-10)17-6-5-16-4-3-15-2/h7-8,14H,3-6,9H2,1-2H3. The van der Waals surface area contributed by atoms with Gasteiger partial charge in [-0.15, -0.1) is 0 Å². The normalized spacial score (nSPS) is 10.5. The van der Waals surface area contributed by atoms with Gasteiger partial charge in [0.05, 0.1) is 26.4 Å². The van der Waals surface area contributed by atoms with Crippen LogP contribution in [0.2, 0.25) is 0 Å². The molecule has 1 rings (SSSR count). The Morgan fingerprint density at radius 3 is 2.65 bits per heavy atom. The van der Waals surface area contributed by atoms with Crippen LogP contribution in [0.15, 0.2) is 12.1 Å². The highest BCUT2D eigenvalue weighted by Gasteiger charge is 2.00. The van der Waals surface area contributed by atoms with Crippen molar-refractivity contribution in [2.24, 2.45) is 0 Å². The Balaban J connectivity index is 2.28. The molecule has 0 amide bonds. The summed E-state index contributed by atoms with van der Waals surface area (Å²) in [6, 6.07) is 3.55. The lowest BCUT2D eigenvalue weighted by Gasteiger charge is -2.08. The molecule has 0 aromatic carbocycles. The Bertz CT molecular complexity index is 330. The zero-order chi connectivity index (χ0) is 12.5. The Hall–Kier alpha value is -1.17. The van der Waals surface area contributed by atoms with Gasteiger partial charge in [-0.05, 0) is 18.6 Å². The highest BCUT2D eigenvalue weighted by molar-refractivity contribution is 5.23. The van der Waals surface area contributed by atoms with Crippen LogP contribution < -0.4 is 4.74 Å². The quantitative estimate of drug-likeness (QED) is 0.686. The SMILES string of the molecule is COCCOCCOc1cc(CO)cc(C)n1. The Kier molecular flexibility index (Phi) is 6.54. The lowest BCUT2D eigenvalue weighted by Crippen LogP contribution is -2.10. The third-order valence-electron chi connectivity index (χ3n) is 2.08. The van der Waals surface area contributed by atoms with Crippen molar-refractivity contribution in [2.45, 2.75) is 13.5 Å². The van der Waals surface area contributed by atoms with E-state index in [1.165, 1.54) is 0 Å². The minimum absolute atomic E-state index is 0.00986. The molecule has 0 atom stereocenters. The highest BCUT2D eigenvalue weighted by Crippen LogP contribution is 2.12. The number of aromatic nitrogens is 1. The molecule has 0 saturated carbocycles. The van der Waals surface area contributed by atoms with Crippen molar-refractivity contribution >= 4 is 0 Å². The van der Waals surface area contributed by atoms with Crippen LogP contribution in [0.1, 0.15) is 11.3 Å². The Morgan fingerprint density at radius 1 is 1.18 bits per heavy atom. The minimum atomic E-state index is -0.00986. The molecule has 5 nitrogen and oxygen atoms in total. The summed E-state index contributed by atoms with van der Waals surface area (Å²) < 4.78 is 15.5. The summed E-state index contributed by atoms with van der Waals surface area (Å²) in [5, 5.41) is 9.03. The van der Waals surface area contributed by atoms with Gasteiger partial charge >= 0.3 is 0 Å². The maximum absolute atomic E-state index is 9.03. The lowest BCUT2D eigenvalue weighted by molar-refractivity contribution is 0.0536. The number of nitrogens with zero attached hydrogens (tertiary/aromatic N) is 1. The van der Waals surface area contributed by atoms with Crippen LogP contribution >= 0.6 is 0 Å². The van der Waals surface area contributed by atoms with Crippen LogP contribution in [-0.2, 0) is 16.1 Å². The molecule has 0 radical (unpaired) electrons. The van der Waals surface area contributed by atoms with E-state index in [0.717, 1.165) is 11.3 Å². The molecule has 0 aliphatic carbocycles. The predicted molar refractivity (Wildman–Crippen MR) is 63.1 cm³/mol. The third kappa shape index (κ3) is 5.63. The maximum Gasteiger partial charge on any atom is 0.213 e. The molecule has 0 bridgehead atoms. The summed E-state index contributed by atoms with van der Waals surface area (Å²) in [6.45, 7) is 3.92. The zero-order valence-corrected chi connectivity index (χ0v) is 10.3. The summed E-state index contributed by atoms with van der Waals surface area (Å²) in [4.78, 5) is 4.20. The van der Waals surface area contributed by atoms with E-state index < -0.39 is 0 Å². The van der Waals surface area contributed by atoms with Gasteiger partial charge in [0.2, 0.25) is 5.88 Å². The number of aryl methyl sites for hydroxylation is 1. The fourth-order valence-corrected chi connectivity index (χ4v) is 1.32. The molecule has 0 fully saturated rings. The molecule has 1 N–H and O–H groups in total. The maximum atomic E-state index is 9.03. The molecule has 0 aliphatic heterocycles. The van der Waals surface area contributed by atoms with Crippen LogP contribution in [0, 0.1) is 6.92 Å². The van der Waals surface area contributed by atoms with E-state index in [0.29, 0.717) is 32.3 Å². The molecule has 1 aromatic heterocycles. The number of methoxy groups -OCH3 is 1. The summed E-state index contributed by atoms with van der Waals surface area (Å²) in [6.07, 6.45) is 0. The molecule has 96 valence electrons. The molecular formula is C12H19NO4. The van der Waals surface area contributed by atoms with Crippen molar-refractivity contribution in [3.05, 3.63) is 23.4 Å². The second-order valence-corrected chi connectivity index (χ2v) is 3.57. The summed E-state index contributed by atoms with van der Waals surface area (Å²) >= 11 is 0. The van der Waals surface area contributed by atoms with Gasteiger partial charge in [-0.3, -0.25) is 0 Å². The zero-order valence-electron chi connectivity index (χ0n) is 10.3. The van der Waals surface area contributed by atoms with Crippen molar-refractivity contribution in [3.63, 3.8) is 0 Å². The average Bonchev–Trinajstić information content (AvgIpc) is 2.33. The monoisotopic (exact) mass is 241 g/mol. The van der Waals surface area contributed by atoms with Crippen LogP contribution in [-0.4, -0.2) is 43.6 Å². The lowest BCUT2D eigenvalue weighted by atomic mass is 10.2. The molecule has 0 aliphatic rings. The predicted octanol–water partition coefficient (Wildman–Crippen LogP) is 0.924. The molecule has 17 heavy (non-hydrogen) atoms. The Labute approximate surface area is 101 Å². The van der Waals surface area contributed by atoms with E-state index in [1.54, 1.807) is 13.2 Å². The smallest absolute Gasteiger partial charge is 0.213 e. The Morgan fingerprint density at radius 2 is 1.94 bits per heavy atom. The number of aliphatic hydroxyl groups is 1. The van der Waals surface area contributed by atoms with Gasteiger partial charge in [0.1, 0.15) is 6.61 Å². The molecule has 0 unspecified atom stereocenters. The van der Waals surface area contributed by atoms with Crippen molar-refractivity contribution in [2.75, 3.05) is 33.5 Å². The molecule has 5 heteroatoms. The topological polar surface area (TPSA) is 60.8 Å². The van der Waals surface area contributed by atoms with Crippen molar-refractivity contribution in [3.8, 4) is 5.88 Å². The molecule has 1 heterocycles. The van der Waals surface area contributed by atoms with Gasteiger partial charge in [-0.2, -0.15) is 0 Å². The first-order valence-corrected chi connectivity index (χ1v) is 5.54. The fraction of sp³-hybridized carbons (Fsp3) is 0.583. The van der Waals surface area contributed by atoms with Crippen LogP contribution in [0.3, 0.4) is 0 Å². The number of hydrogen-bond acceptors (Lipinski definition) is 5. The second kappa shape index (κ2) is 8.00. The third-order valence-corrected chi connectivity index (χ3v) is 2.08. The van der Waals surface area contributed by atoms with Gasteiger partial charge < -0.3 is 19.3 Å². The second-order valence-electron chi connectivity index (χ2n) is 3.57. The van der Waals surface area contributed by atoms with E-state index in [-0.39, 0.29) is 6.61 Å². The average molecular weight is 241 g/mol. The van der Waals surface area contributed by atoms with Gasteiger partial charge in [0, 0.05) is 18.9 Å². The number of rotatable bonds is 8. The van der Waals surface area contributed by atoms with Crippen molar-refractivity contribution in [1.29, 1.82) is 0 Å². The van der Waals surface area contributed by atoms with E-state index in [9.17, 15) is 0 Å². The van der Waals surface area contributed by atoms with E-state index in [1.807, 2.05) is 13.0 Å². The first kappa shape index (κ1) is 13.9. The van der Waals surface area contributed by atoms with Crippen LogP contribution in [0.25, 0.3) is 0 Å². The van der Waals surface area contributed by atoms with Crippen LogP contribution in [0.5, 0.6) is 5.88 Å². The van der Waals surface area contributed by atoms with E-state index in [2.05, 4.69) is 4.98 Å². The molecule has 0 spiro atoms. The number of hydrogen-bond donors (Lipinski definition) is 1. The van der Waals surface area contributed by atoms with Crippen LogP contribution in [0.4, 0.5) is 0 Å². The largest absolute Gasteiger partial charge is 0.475 e. The number of pyridine rings is 1. The van der Waals surface area contributed by atoms with Gasteiger partial charge in [-0.25, -0.2) is 4.98 Å². The first-order chi connectivity index (χ1) is 8.26. The van der Waals surface area contributed by atoms with Crippen molar-refractivity contribution < 1.29 is 19.3 Å². The van der Waals surface area contributed by atoms with Gasteiger partial charge in [0.15, 0.2) is 0 Å². The van der Waals surface area contributed by atoms with Crippen molar-refractivity contribution in [1.82, 2.24) is 4.98 Å².